The smallest absolute Gasteiger partial charge is 0.229 e. The minimum Gasteiger partial charge on any atom is -0.487 e. The summed E-state index contributed by atoms with van der Waals surface area (Å²) in [5, 5.41) is 4.90. The largest absolute Gasteiger partial charge is 0.487 e. The number of thioether (sulfide) groups is 1. The van der Waals surface area contributed by atoms with Crippen LogP contribution in [-0.2, 0) is 10.2 Å². The molecule has 0 amide bonds. The molecular weight excluding hydrogens is 508 g/mol. The highest BCUT2D eigenvalue weighted by molar-refractivity contribution is 7.97. The Morgan fingerprint density at radius 2 is 1.78 bits per heavy atom. The summed E-state index contributed by atoms with van der Waals surface area (Å²) in [6.45, 7) is 11.5. The van der Waals surface area contributed by atoms with Crippen LogP contribution in [0.2, 0.25) is 23.2 Å². The lowest BCUT2D eigenvalue weighted by Crippen LogP contribution is -2.45. The maximum absolute atomic E-state index is 6.65. The first kappa shape index (κ1) is 27.2. The van der Waals surface area contributed by atoms with Crippen LogP contribution in [0.15, 0.2) is 36.5 Å². The Balaban J connectivity index is 1.48. The average Bonchev–Trinajstić information content (AvgIpc) is 2.82. The van der Waals surface area contributed by atoms with Crippen molar-refractivity contribution >= 4 is 54.3 Å². The molecule has 9 heteroatoms. The van der Waals surface area contributed by atoms with Crippen LogP contribution in [0.4, 0.5) is 11.8 Å². The van der Waals surface area contributed by atoms with E-state index in [1.165, 1.54) is 0 Å². The fourth-order valence-corrected chi connectivity index (χ4v) is 6.22. The predicted molar refractivity (Wildman–Crippen MR) is 154 cm³/mol. The molecule has 3 aromatic rings. The highest BCUT2D eigenvalue weighted by Crippen LogP contribution is 2.40. The number of pyridine rings is 1. The first-order valence-electron chi connectivity index (χ1n) is 12.6. The maximum Gasteiger partial charge on any atom is 0.229 e. The molecule has 0 bridgehead atoms. The van der Waals surface area contributed by atoms with Gasteiger partial charge in [-0.05, 0) is 74.3 Å². The van der Waals surface area contributed by atoms with E-state index < -0.39 is 8.32 Å². The Bertz CT molecular complexity index is 1200. The van der Waals surface area contributed by atoms with E-state index in [9.17, 15) is 0 Å². The normalized spacial score (nSPS) is 18.9. The van der Waals surface area contributed by atoms with Gasteiger partial charge >= 0.3 is 0 Å². The van der Waals surface area contributed by atoms with Gasteiger partial charge in [0.15, 0.2) is 14.1 Å². The van der Waals surface area contributed by atoms with Crippen LogP contribution in [0.3, 0.4) is 0 Å². The summed E-state index contributed by atoms with van der Waals surface area (Å²) in [5.41, 5.74) is 1.72. The molecule has 0 saturated heterocycles. The van der Waals surface area contributed by atoms with Crippen molar-refractivity contribution in [2.24, 2.45) is 0 Å². The van der Waals surface area contributed by atoms with Crippen LogP contribution in [0, 0.1) is 0 Å². The molecule has 2 heterocycles. The van der Waals surface area contributed by atoms with Gasteiger partial charge < -0.3 is 14.5 Å². The number of benzene rings is 1. The van der Waals surface area contributed by atoms with Crippen LogP contribution in [0.25, 0.3) is 10.9 Å². The number of nitrogens with one attached hydrogen (secondary N) is 1. The van der Waals surface area contributed by atoms with Gasteiger partial charge in [-0.3, -0.25) is 0 Å². The third-order valence-electron chi connectivity index (χ3n) is 7.17. The molecule has 1 aliphatic rings. The van der Waals surface area contributed by atoms with E-state index in [1.54, 1.807) is 18.0 Å². The van der Waals surface area contributed by atoms with E-state index in [-0.39, 0.29) is 11.1 Å². The molecule has 1 aliphatic carbocycles. The molecule has 4 rings (SSSR count). The van der Waals surface area contributed by atoms with Crippen LogP contribution in [0.5, 0.6) is 5.75 Å². The summed E-state index contributed by atoms with van der Waals surface area (Å²) in [7, 11) is -1.77. The lowest BCUT2D eigenvalue weighted by molar-refractivity contribution is 0.0733. The summed E-state index contributed by atoms with van der Waals surface area (Å²) < 4.78 is 13.1. The number of hydrogen-bond acceptors (Lipinski definition) is 7. The van der Waals surface area contributed by atoms with Gasteiger partial charge in [0.25, 0.3) is 0 Å². The number of fused-ring (bicyclic) bond motifs is 1. The van der Waals surface area contributed by atoms with Crippen molar-refractivity contribution in [3.05, 3.63) is 47.2 Å². The van der Waals surface area contributed by atoms with E-state index in [1.807, 2.05) is 30.3 Å². The van der Waals surface area contributed by atoms with Gasteiger partial charge in [0.1, 0.15) is 11.3 Å². The third kappa shape index (κ3) is 6.51. The summed E-state index contributed by atoms with van der Waals surface area (Å²) in [6.07, 6.45) is 8.13. The molecule has 1 saturated carbocycles. The molecule has 0 spiro atoms. The summed E-state index contributed by atoms with van der Waals surface area (Å²) in [5.74, 6) is 2.66. The minimum absolute atomic E-state index is 0.0867. The van der Waals surface area contributed by atoms with E-state index >= 15 is 0 Å². The lowest BCUT2D eigenvalue weighted by Gasteiger charge is -2.41. The highest BCUT2D eigenvalue weighted by atomic mass is 35.5. The van der Waals surface area contributed by atoms with E-state index in [0.717, 1.165) is 42.5 Å². The molecule has 0 unspecified atom stereocenters. The first-order valence-corrected chi connectivity index (χ1v) is 17.3. The number of anilines is 2. The summed E-state index contributed by atoms with van der Waals surface area (Å²) >= 11 is 8.35. The number of rotatable bonds is 8. The predicted octanol–water partition coefficient (Wildman–Crippen LogP) is 8.00. The van der Waals surface area contributed by atoms with Crippen LogP contribution < -0.4 is 10.1 Å². The highest BCUT2D eigenvalue weighted by Gasteiger charge is 2.40. The number of aromatic nitrogens is 3. The van der Waals surface area contributed by atoms with Crippen molar-refractivity contribution in [1.29, 1.82) is 0 Å². The zero-order valence-corrected chi connectivity index (χ0v) is 24.7. The lowest BCUT2D eigenvalue weighted by atomic mass is 9.95. The van der Waals surface area contributed by atoms with Crippen LogP contribution in [-0.4, -0.2) is 41.7 Å². The van der Waals surface area contributed by atoms with Crippen molar-refractivity contribution in [2.75, 3.05) is 11.6 Å². The molecule has 6 nitrogen and oxygen atoms in total. The second-order valence-corrected chi connectivity index (χ2v) is 17.0. The van der Waals surface area contributed by atoms with Gasteiger partial charge in [-0.1, -0.05) is 38.4 Å². The molecule has 1 aromatic carbocycles. The van der Waals surface area contributed by atoms with E-state index in [4.69, 9.17) is 25.7 Å². The quantitative estimate of drug-likeness (QED) is 0.288. The fourth-order valence-electron chi connectivity index (χ4n) is 4.14. The topological polar surface area (TPSA) is 69.2 Å². The van der Waals surface area contributed by atoms with Crippen LogP contribution >= 0.6 is 23.4 Å². The summed E-state index contributed by atoms with van der Waals surface area (Å²) in [6, 6.07) is 9.70. The molecule has 2 aromatic heterocycles. The van der Waals surface area contributed by atoms with Gasteiger partial charge in [-0.25, -0.2) is 15.0 Å². The second kappa shape index (κ2) is 11.3. The molecular formula is C27H37ClN4O2SSi. The van der Waals surface area contributed by atoms with Gasteiger partial charge in [0, 0.05) is 23.4 Å². The minimum atomic E-state index is -1.77. The fraction of sp³-hybridized carbons (Fsp3) is 0.519. The van der Waals surface area contributed by atoms with E-state index in [0.29, 0.717) is 34.2 Å². The molecule has 36 heavy (non-hydrogen) atoms. The first-order chi connectivity index (χ1) is 17.1. The Morgan fingerprint density at radius 1 is 1.06 bits per heavy atom. The SMILES string of the molecule is CSCc1cccc(Nc2ncc3ccc(Cl)c(O[C@H]4CC[C@@H](O[Si](C)(C)C(C)(C)C)CC4)c3n2)n1. The van der Waals surface area contributed by atoms with E-state index in [2.05, 4.69) is 55.4 Å². The Labute approximate surface area is 225 Å². The summed E-state index contributed by atoms with van der Waals surface area (Å²) in [4.78, 5) is 13.9. The van der Waals surface area contributed by atoms with Crippen LogP contribution in [0.1, 0.15) is 52.1 Å². The maximum atomic E-state index is 6.65. The molecule has 0 radical (unpaired) electrons. The second-order valence-electron chi connectivity index (χ2n) is 11.0. The van der Waals surface area contributed by atoms with Crippen molar-refractivity contribution < 1.29 is 9.16 Å². The number of ether oxygens (including phenoxy) is 1. The van der Waals surface area contributed by atoms with Gasteiger partial charge in [0.2, 0.25) is 5.95 Å². The third-order valence-corrected chi connectivity index (χ3v) is 12.6. The molecule has 1 N–H and O–H groups in total. The Kier molecular flexibility index (Phi) is 8.49. The monoisotopic (exact) mass is 544 g/mol. The number of halogens is 1. The Hall–Kier alpha value is -1.87. The standard InChI is InChI=1S/C27H37ClN4O2SSi/c1-27(2,3)36(5,6)34-21-13-11-20(12-14-21)33-25-22(28)15-10-18-16-29-26(32-24(18)25)31-23-9-7-8-19(30-23)17-35-4/h7-10,15-16,20-21H,11-14,17H2,1-6H3,(H,29,30,31,32)/t20-,21+. The molecule has 0 atom stereocenters. The zero-order valence-electron chi connectivity index (χ0n) is 22.1. The molecule has 1 fully saturated rings. The number of nitrogens with zero attached hydrogens (tertiary/aromatic N) is 3. The van der Waals surface area contributed by atoms with Crippen molar-refractivity contribution in [3.8, 4) is 5.75 Å². The molecule has 0 aliphatic heterocycles. The van der Waals surface area contributed by atoms with Crippen molar-refractivity contribution in [1.82, 2.24) is 15.0 Å². The van der Waals surface area contributed by atoms with Crippen molar-refractivity contribution in [3.63, 3.8) is 0 Å². The van der Waals surface area contributed by atoms with Gasteiger partial charge in [0.05, 0.1) is 16.8 Å². The zero-order chi connectivity index (χ0) is 25.9. The van der Waals surface area contributed by atoms with Crippen molar-refractivity contribution in [2.45, 2.75) is 82.5 Å². The van der Waals surface area contributed by atoms with Gasteiger partial charge in [-0.2, -0.15) is 11.8 Å². The number of hydrogen-bond donors (Lipinski definition) is 1. The van der Waals surface area contributed by atoms with Gasteiger partial charge in [-0.15, -0.1) is 0 Å². The average molecular weight is 545 g/mol. The molecule has 194 valence electrons. The Morgan fingerprint density at radius 3 is 2.47 bits per heavy atom.